The van der Waals surface area contributed by atoms with E-state index >= 15 is 0 Å². The lowest BCUT2D eigenvalue weighted by atomic mass is 10.1. The number of nitrogens with one attached hydrogen (secondary N) is 1. The van der Waals surface area contributed by atoms with Crippen LogP contribution in [0, 0.1) is 0 Å². The highest BCUT2D eigenvalue weighted by molar-refractivity contribution is 6.38. The molecule has 1 amide bonds. The van der Waals surface area contributed by atoms with E-state index in [4.69, 9.17) is 0 Å². The molecule has 0 saturated carbocycles. The molecule has 0 saturated heterocycles. The van der Waals surface area contributed by atoms with E-state index in [-0.39, 0.29) is 18.1 Å². The number of amides is 1. The van der Waals surface area contributed by atoms with Gasteiger partial charge in [-0.25, -0.2) is 0 Å². The summed E-state index contributed by atoms with van der Waals surface area (Å²) in [6, 6.07) is 9.85. The first kappa shape index (κ1) is 11.5. The Hall–Kier alpha value is -1.97. The van der Waals surface area contributed by atoms with Gasteiger partial charge in [-0.2, -0.15) is 0 Å². The standard InChI is InChI=1S/C13H15N3O/c1-9-13(16-10(2)17)14-8-12(15-9)11-6-4-3-5-7-11/h3-9,13H,1-2H3,(H,16,17). The molecule has 0 spiro atoms. The molecule has 1 heterocycles. The molecule has 2 unspecified atom stereocenters. The first-order valence-corrected chi connectivity index (χ1v) is 5.60. The summed E-state index contributed by atoms with van der Waals surface area (Å²) in [5, 5.41) is 2.76. The summed E-state index contributed by atoms with van der Waals surface area (Å²) in [5.41, 5.74) is 1.91. The molecule has 2 atom stereocenters. The normalized spacial score (nSPS) is 23.1. The third-order valence-electron chi connectivity index (χ3n) is 2.58. The second kappa shape index (κ2) is 4.91. The van der Waals surface area contributed by atoms with E-state index in [1.54, 1.807) is 6.21 Å². The molecule has 0 fully saturated rings. The van der Waals surface area contributed by atoms with Gasteiger partial charge in [-0.1, -0.05) is 30.3 Å². The summed E-state index contributed by atoms with van der Waals surface area (Å²) >= 11 is 0. The molecule has 4 nitrogen and oxygen atoms in total. The van der Waals surface area contributed by atoms with Crippen molar-refractivity contribution in [3.05, 3.63) is 35.9 Å². The van der Waals surface area contributed by atoms with Crippen molar-refractivity contribution in [2.45, 2.75) is 26.1 Å². The fourth-order valence-corrected chi connectivity index (χ4v) is 1.72. The van der Waals surface area contributed by atoms with E-state index in [1.165, 1.54) is 6.92 Å². The van der Waals surface area contributed by atoms with Crippen LogP contribution in [0.25, 0.3) is 0 Å². The van der Waals surface area contributed by atoms with Crippen molar-refractivity contribution in [3.63, 3.8) is 0 Å². The predicted octanol–water partition coefficient (Wildman–Crippen LogP) is 1.41. The van der Waals surface area contributed by atoms with E-state index in [2.05, 4.69) is 15.3 Å². The molecular formula is C13H15N3O. The molecule has 0 aromatic heterocycles. The zero-order valence-electron chi connectivity index (χ0n) is 9.92. The van der Waals surface area contributed by atoms with Crippen LogP contribution in [0.5, 0.6) is 0 Å². The molecule has 17 heavy (non-hydrogen) atoms. The number of hydrogen-bond donors (Lipinski definition) is 1. The summed E-state index contributed by atoms with van der Waals surface area (Å²) < 4.78 is 0. The lowest BCUT2D eigenvalue weighted by molar-refractivity contribution is -0.119. The number of hydrogen-bond acceptors (Lipinski definition) is 3. The van der Waals surface area contributed by atoms with E-state index in [9.17, 15) is 4.79 Å². The van der Waals surface area contributed by atoms with Gasteiger partial charge in [-0.15, -0.1) is 0 Å². The van der Waals surface area contributed by atoms with Crippen molar-refractivity contribution in [3.8, 4) is 0 Å². The van der Waals surface area contributed by atoms with Gasteiger partial charge < -0.3 is 5.32 Å². The first-order chi connectivity index (χ1) is 8.16. The van der Waals surface area contributed by atoms with Crippen LogP contribution in [0.4, 0.5) is 0 Å². The van der Waals surface area contributed by atoms with Crippen LogP contribution >= 0.6 is 0 Å². The van der Waals surface area contributed by atoms with Crippen LogP contribution in [0.1, 0.15) is 19.4 Å². The van der Waals surface area contributed by atoms with Crippen molar-refractivity contribution in [2.24, 2.45) is 9.98 Å². The zero-order valence-corrected chi connectivity index (χ0v) is 9.92. The highest BCUT2D eigenvalue weighted by atomic mass is 16.1. The summed E-state index contributed by atoms with van der Waals surface area (Å²) in [6.45, 7) is 3.43. The van der Waals surface area contributed by atoms with Gasteiger partial charge in [-0.3, -0.25) is 14.8 Å². The Kier molecular flexibility index (Phi) is 3.32. The second-order valence-corrected chi connectivity index (χ2v) is 4.04. The molecule has 1 aromatic carbocycles. The summed E-state index contributed by atoms with van der Waals surface area (Å²) in [7, 11) is 0. The molecule has 0 bridgehead atoms. The van der Waals surface area contributed by atoms with Gasteiger partial charge in [0.15, 0.2) is 0 Å². The van der Waals surface area contributed by atoms with Crippen LogP contribution in [0.3, 0.4) is 0 Å². The van der Waals surface area contributed by atoms with Crippen molar-refractivity contribution in [1.82, 2.24) is 5.32 Å². The number of benzene rings is 1. The minimum Gasteiger partial charge on any atom is -0.333 e. The Bertz CT molecular complexity index is 465. The molecule has 1 aliphatic rings. The van der Waals surface area contributed by atoms with Crippen molar-refractivity contribution < 1.29 is 4.79 Å². The maximum atomic E-state index is 11.0. The van der Waals surface area contributed by atoms with Crippen molar-refractivity contribution in [2.75, 3.05) is 0 Å². The molecule has 1 aliphatic heterocycles. The number of carbonyl (C=O) groups excluding carboxylic acids is 1. The summed E-state index contributed by atoms with van der Waals surface area (Å²) in [6.07, 6.45) is 1.47. The number of nitrogens with zero attached hydrogens (tertiary/aromatic N) is 2. The fourth-order valence-electron chi connectivity index (χ4n) is 1.72. The van der Waals surface area contributed by atoms with E-state index < -0.39 is 0 Å². The quantitative estimate of drug-likeness (QED) is 0.819. The maximum absolute atomic E-state index is 11.0. The highest BCUT2D eigenvalue weighted by Gasteiger charge is 2.20. The third-order valence-corrected chi connectivity index (χ3v) is 2.58. The largest absolute Gasteiger partial charge is 0.333 e. The fraction of sp³-hybridized carbons (Fsp3) is 0.308. The van der Waals surface area contributed by atoms with Crippen molar-refractivity contribution >= 4 is 17.8 Å². The second-order valence-electron chi connectivity index (χ2n) is 4.04. The Labute approximate surface area is 100 Å². The van der Waals surface area contributed by atoms with Gasteiger partial charge in [-0.05, 0) is 6.92 Å². The highest BCUT2D eigenvalue weighted by Crippen LogP contribution is 2.10. The minimum atomic E-state index is -0.250. The van der Waals surface area contributed by atoms with Crippen LogP contribution in [0.2, 0.25) is 0 Å². The van der Waals surface area contributed by atoms with Gasteiger partial charge in [0.05, 0.1) is 11.8 Å². The lowest BCUT2D eigenvalue weighted by Gasteiger charge is -2.22. The first-order valence-electron chi connectivity index (χ1n) is 5.60. The average molecular weight is 229 g/mol. The topological polar surface area (TPSA) is 53.8 Å². The molecular weight excluding hydrogens is 214 g/mol. The van der Waals surface area contributed by atoms with Crippen molar-refractivity contribution in [1.29, 1.82) is 0 Å². The molecule has 1 N–H and O–H groups in total. The van der Waals surface area contributed by atoms with Crippen LogP contribution < -0.4 is 5.32 Å². The van der Waals surface area contributed by atoms with E-state index in [1.807, 2.05) is 37.3 Å². The Morgan fingerprint density at radius 2 is 2.00 bits per heavy atom. The van der Waals surface area contributed by atoms with Gasteiger partial charge in [0.1, 0.15) is 6.17 Å². The monoisotopic (exact) mass is 229 g/mol. The zero-order chi connectivity index (χ0) is 12.3. The molecule has 4 heteroatoms. The van der Waals surface area contributed by atoms with Crippen LogP contribution in [0.15, 0.2) is 40.3 Å². The molecule has 0 radical (unpaired) electrons. The number of aliphatic imine (C=N–C) groups is 2. The van der Waals surface area contributed by atoms with Gasteiger partial charge in [0, 0.05) is 18.7 Å². The Balaban J connectivity index is 2.15. The predicted molar refractivity (Wildman–Crippen MR) is 68.5 cm³/mol. The van der Waals surface area contributed by atoms with Crippen LogP contribution in [-0.4, -0.2) is 30.0 Å². The molecule has 1 aromatic rings. The number of rotatable bonds is 2. The molecule has 0 aliphatic carbocycles. The Morgan fingerprint density at radius 1 is 1.29 bits per heavy atom. The van der Waals surface area contributed by atoms with E-state index in [0.29, 0.717) is 0 Å². The third kappa shape index (κ3) is 2.78. The maximum Gasteiger partial charge on any atom is 0.218 e. The smallest absolute Gasteiger partial charge is 0.218 e. The minimum absolute atomic E-state index is 0.0425. The average Bonchev–Trinajstić information content (AvgIpc) is 2.32. The van der Waals surface area contributed by atoms with Gasteiger partial charge in [0.25, 0.3) is 0 Å². The SMILES string of the molecule is CC(=O)NC1N=CC(c2ccccc2)=NC1C. The van der Waals surface area contributed by atoms with Gasteiger partial charge >= 0.3 is 0 Å². The van der Waals surface area contributed by atoms with Gasteiger partial charge in [0.2, 0.25) is 5.91 Å². The lowest BCUT2D eigenvalue weighted by Crippen LogP contribution is -2.41. The summed E-state index contributed by atoms with van der Waals surface area (Å²) in [5.74, 6) is -0.0858. The van der Waals surface area contributed by atoms with Crippen LogP contribution in [-0.2, 0) is 4.79 Å². The Morgan fingerprint density at radius 3 is 2.59 bits per heavy atom. The number of carbonyl (C=O) groups is 1. The molecule has 2 rings (SSSR count). The molecule has 88 valence electrons. The van der Waals surface area contributed by atoms with E-state index in [0.717, 1.165) is 11.3 Å². The summed E-state index contributed by atoms with van der Waals surface area (Å²) in [4.78, 5) is 19.8.